The minimum atomic E-state index is -0.0799. The maximum atomic E-state index is 8.00. The van der Waals surface area contributed by atoms with E-state index < -0.39 is 0 Å². The summed E-state index contributed by atoms with van der Waals surface area (Å²) >= 11 is 0. The predicted molar refractivity (Wildman–Crippen MR) is 63.1 cm³/mol. The van der Waals surface area contributed by atoms with Crippen LogP contribution in [0.5, 0.6) is 0 Å². The first kappa shape index (κ1) is 29.4. The maximum Gasteiger partial charge on any atom is 0 e. The van der Waals surface area contributed by atoms with Gasteiger partial charge in [-0.25, -0.2) is 0 Å². The maximum absolute atomic E-state index is 8.00. The van der Waals surface area contributed by atoms with E-state index in [9.17, 15) is 0 Å². The van der Waals surface area contributed by atoms with Crippen molar-refractivity contribution in [3.8, 4) is 0 Å². The van der Waals surface area contributed by atoms with Gasteiger partial charge in [0.25, 0.3) is 0 Å². The summed E-state index contributed by atoms with van der Waals surface area (Å²) in [6, 6.07) is -0.160. The molecular weight excluding hydrogens is 377 g/mol. The summed E-state index contributed by atoms with van der Waals surface area (Å²) in [4.78, 5) is 8.00. The second kappa shape index (κ2) is 19.6. The first-order valence-corrected chi connectivity index (χ1v) is 3.59. The third kappa shape index (κ3) is 16.7. The van der Waals surface area contributed by atoms with Crippen LogP contribution in [0.1, 0.15) is 25.7 Å². The third-order valence-electron chi connectivity index (χ3n) is 1.77. The van der Waals surface area contributed by atoms with Crippen molar-refractivity contribution in [1.82, 2.24) is 0 Å². The van der Waals surface area contributed by atoms with Crippen molar-refractivity contribution in [2.45, 2.75) is 37.8 Å². The van der Waals surface area contributed by atoms with Crippen molar-refractivity contribution in [3.63, 3.8) is 0 Å². The molecule has 1 rings (SSSR count). The molecule has 0 saturated heterocycles. The zero-order valence-electron chi connectivity index (χ0n) is 9.56. The van der Waals surface area contributed by atoms with E-state index in [2.05, 4.69) is 0 Å². The van der Waals surface area contributed by atoms with E-state index in [4.69, 9.17) is 21.6 Å². The zero-order valence-corrected chi connectivity index (χ0v) is 11.8. The van der Waals surface area contributed by atoms with Crippen LogP contribution in [0.3, 0.4) is 0 Å². The van der Waals surface area contributed by atoms with Gasteiger partial charge in [-0.2, -0.15) is 12.1 Å². The van der Waals surface area contributed by atoms with E-state index in [0.717, 1.165) is 18.2 Å². The minimum absolute atomic E-state index is 0. The molecule has 1 fully saturated rings. The minimum Gasteiger partial charge on any atom is -0.676 e. The van der Waals surface area contributed by atoms with Crippen LogP contribution >= 0.6 is 0 Å². The molecule has 0 aromatic heterocycles. The zero-order chi connectivity index (χ0) is 8.69. The van der Waals surface area contributed by atoms with Crippen LogP contribution in [0, 0.1) is 32.4 Å². The van der Waals surface area contributed by atoms with E-state index >= 15 is 0 Å². The number of rotatable bonds is 0. The van der Waals surface area contributed by atoms with Gasteiger partial charge in [0.1, 0.15) is 0 Å². The van der Waals surface area contributed by atoms with E-state index in [1.807, 2.05) is 0 Å². The molecule has 0 bridgehead atoms. The van der Waals surface area contributed by atoms with Gasteiger partial charge < -0.3 is 43.9 Å². The number of hydrogen-bond donors (Lipinski definition) is 0. The summed E-state index contributed by atoms with van der Waals surface area (Å²) in [7, 11) is 0. The Kier molecular flexibility index (Phi) is 38.3. The SMILES string of the molecule is O=N[O-].[CH3-].[CH3-].[CH3-].[NH-]C1CCCCC1[NH-].[Pt]. The molecule has 0 aromatic carbocycles. The Morgan fingerprint density at radius 2 is 1.20 bits per heavy atom. The molecule has 15 heavy (non-hydrogen) atoms. The average molecular weight is 398 g/mol. The fourth-order valence-corrected chi connectivity index (χ4v) is 1.13. The normalized spacial score (nSPS) is 22.0. The van der Waals surface area contributed by atoms with Gasteiger partial charge >= 0.3 is 0 Å². The molecular formula is C9H21N3O2Pt-6. The van der Waals surface area contributed by atoms with Crippen molar-refractivity contribution in [2.24, 2.45) is 5.34 Å². The summed E-state index contributed by atoms with van der Waals surface area (Å²) < 4.78 is 0. The Morgan fingerprint density at radius 1 is 1.00 bits per heavy atom. The fourth-order valence-electron chi connectivity index (χ4n) is 1.13. The molecule has 6 heteroatoms. The van der Waals surface area contributed by atoms with Crippen LogP contribution in [0.4, 0.5) is 0 Å². The molecule has 0 aliphatic heterocycles. The summed E-state index contributed by atoms with van der Waals surface area (Å²) in [5, 5.41) is 9.00. The Labute approximate surface area is 108 Å². The molecule has 5 nitrogen and oxygen atoms in total. The van der Waals surface area contributed by atoms with Crippen molar-refractivity contribution in [1.29, 1.82) is 0 Å². The topological polar surface area (TPSA) is 100 Å². The van der Waals surface area contributed by atoms with E-state index in [0.29, 0.717) is 0 Å². The van der Waals surface area contributed by atoms with Gasteiger partial charge in [0.15, 0.2) is 0 Å². The van der Waals surface area contributed by atoms with Crippen LogP contribution in [-0.4, -0.2) is 12.1 Å². The molecule has 0 heterocycles. The van der Waals surface area contributed by atoms with Crippen LogP contribution in [0.15, 0.2) is 5.34 Å². The summed E-state index contributed by atoms with van der Waals surface area (Å²) in [5.74, 6) is 0. The quantitative estimate of drug-likeness (QED) is 0.350. The Hall–Kier alpha value is 0.00831. The van der Waals surface area contributed by atoms with Gasteiger partial charge in [-0.15, -0.1) is 5.34 Å². The Bertz CT molecular complexity index is 108. The molecule has 0 aromatic rings. The van der Waals surface area contributed by atoms with Gasteiger partial charge in [-0.3, -0.25) is 0 Å². The van der Waals surface area contributed by atoms with Crippen molar-refractivity contribution >= 4 is 0 Å². The number of nitrogens with zero attached hydrogens (tertiary/aromatic N) is 1. The first-order valence-electron chi connectivity index (χ1n) is 3.59. The molecule has 2 atom stereocenters. The van der Waals surface area contributed by atoms with Gasteiger partial charge in [-0.1, -0.05) is 25.7 Å². The van der Waals surface area contributed by atoms with Crippen molar-refractivity contribution in [3.05, 3.63) is 43.9 Å². The van der Waals surface area contributed by atoms with Crippen LogP contribution in [0.25, 0.3) is 11.5 Å². The smallest absolute Gasteiger partial charge is 0 e. The third-order valence-corrected chi connectivity index (χ3v) is 1.77. The molecule has 0 spiro atoms. The summed E-state index contributed by atoms with van der Waals surface area (Å²) in [5.41, 5.74) is 14.6. The van der Waals surface area contributed by atoms with Crippen molar-refractivity contribution in [2.75, 3.05) is 0 Å². The van der Waals surface area contributed by atoms with Crippen LogP contribution in [-0.2, 0) is 21.1 Å². The second-order valence-corrected chi connectivity index (χ2v) is 2.57. The molecule has 2 unspecified atom stereocenters. The standard InChI is InChI=1S/C6H12N2.3CH3.HNO2.Pt/c7-5-3-1-2-4-6(5)8;;;;2-1-3;/h5-8H,1-4H2;3*1H3;(H,2,3);/q-2;3*-1;;/p-1. The summed E-state index contributed by atoms with van der Waals surface area (Å²) in [6.45, 7) is 0. The van der Waals surface area contributed by atoms with Gasteiger partial charge in [0, 0.05) is 21.1 Å². The van der Waals surface area contributed by atoms with Crippen LogP contribution in [0.2, 0.25) is 0 Å². The Balaban J connectivity index is -0.0000000437. The largest absolute Gasteiger partial charge is 0.676 e. The number of hydrogen-bond acceptors (Lipinski definition) is 3. The fraction of sp³-hybridized carbons (Fsp3) is 0.667. The molecule has 1 aliphatic carbocycles. The summed E-state index contributed by atoms with van der Waals surface area (Å²) in [6.07, 6.45) is 4.25. The van der Waals surface area contributed by atoms with Gasteiger partial charge in [0.05, 0.1) is 0 Å². The van der Waals surface area contributed by atoms with E-state index in [1.54, 1.807) is 0 Å². The molecule has 0 amide bonds. The average Bonchev–Trinajstić information content (AvgIpc) is 1.97. The second-order valence-electron chi connectivity index (χ2n) is 2.57. The van der Waals surface area contributed by atoms with Crippen LogP contribution < -0.4 is 0 Å². The monoisotopic (exact) mass is 398 g/mol. The first-order chi connectivity index (χ1) is 5.22. The molecule has 1 saturated carbocycles. The van der Waals surface area contributed by atoms with Crippen molar-refractivity contribution < 1.29 is 21.1 Å². The molecule has 1 aliphatic rings. The van der Waals surface area contributed by atoms with Gasteiger partial charge in [-0.05, 0) is 0 Å². The molecule has 100 valence electrons. The van der Waals surface area contributed by atoms with Gasteiger partial charge in [0.2, 0.25) is 0 Å². The Morgan fingerprint density at radius 3 is 1.33 bits per heavy atom. The molecule has 2 N–H and O–H groups in total. The van der Waals surface area contributed by atoms with E-state index in [-0.39, 0.29) is 55.4 Å². The predicted octanol–water partition coefficient (Wildman–Crippen LogP) is 4.00. The van der Waals surface area contributed by atoms with E-state index in [1.165, 1.54) is 12.8 Å². The molecule has 0 radical (unpaired) electrons. The number of nitrogens with one attached hydrogen (secondary N) is 2.